The summed E-state index contributed by atoms with van der Waals surface area (Å²) in [6.07, 6.45) is 3.83. The molecule has 0 aromatic carbocycles. The van der Waals surface area contributed by atoms with Crippen LogP contribution < -0.4 is 5.73 Å². The van der Waals surface area contributed by atoms with E-state index in [0.29, 0.717) is 0 Å². The highest BCUT2D eigenvalue weighted by atomic mass is 32.2. The summed E-state index contributed by atoms with van der Waals surface area (Å²) in [6, 6.07) is 0.118. The number of rotatable bonds is 5. The van der Waals surface area contributed by atoms with Crippen LogP contribution >= 0.6 is 11.8 Å². The van der Waals surface area contributed by atoms with E-state index < -0.39 is 0 Å². The van der Waals surface area contributed by atoms with Crippen LogP contribution in [0.4, 0.5) is 0 Å². The van der Waals surface area contributed by atoms with Crippen molar-refractivity contribution in [1.82, 2.24) is 9.78 Å². The zero-order chi connectivity index (χ0) is 10.6. The number of nitrogens with two attached hydrogens (primary N) is 1. The molecule has 1 aromatic heterocycles. The SMILES string of the molecule is CC(C)CSCC(N)c1cnn(C)c1. The van der Waals surface area contributed by atoms with Crippen LogP contribution in [0.5, 0.6) is 0 Å². The Labute approximate surface area is 90.1 Å². The summed E-state index contributed by atoms with van der Waals surface area (Å²) in [5, 5.41) is 4.11. The molecule has 1 unspecified atom stereocenters. The fourth-order valence-electron chi connectivity index (χ4n) is 1.16. The first-order valence-corrected chi connectivity index (χ1v) is 6.07. The molecule has 0 radical (unpaired) electrons. The minimum atomic E-state index is 0.118. The minimum Gasteiger partial charge on any atom is -0.323 e. The third-order valence-electron chi connectivity index (χ3n) is 1.90. The second kappa shape index (κ2) is 5.41. The molecule has 0 aliphatic rings. The normalized spacial score (nSPS) is 13.5. The fraction of sp³-hybridized carbons (Fsp3) is 0.700. The highest BCUT2D eigenvalue weighted by molar-refractivity contribution is 7.99. The number of hydrogen-bond donors (Lipinski definition) is 1. The average Bonchev–Trinajstić information content (AvgIpc) is 2.51. The van der Waals surface area contributed by atoms with Gasteiger partial charge in [-0.3, -0.25) is 4.68 Å². The van der Waals surface area contributed by atoms with Gasteiger partial charge in [-0.25, -0.2) is 0 Å². The molecule has 0 fully saturated rings. The zero-order valence-corrected chi connectivity index (χ0v) is 9.92. The van der Waals surface area contributed by atoms with E-state index in [9.17, 15) is 0 Å². The molecular weight excluding hydrogens is 194 g/mol. The minimum absolute atomic E-state index is 0.118. The smallest absolute Gasteiger partial charge is 0.0537 e. The van der Waals surface area contributed by atoms with Crippen LogP contribution in [-0.4, -0.2) is 21.3 Å². The quantitative estimate of drug-likeness (QED) is 0.811. The van der Waals surface area contributed by atoms with Gasteiger partial charge in [-0.1, -0.05) is 13.8 Å². The van der Waals surface area contributed by atoms with Crippen molar-refractivity contribution in [3.8, 4) is 0 Å². The highest BCUT2D eigenvalue weighted by Crippen LogP contribution is 2.16. The largest absolute Gasteiger partial charge is 0.323 e. The van der Waals surface area contributed by atoms with E-state index in [4.69, 9.17) is 5.73 Å². The number of hydrogen-bond acceptors (Lipinski definition) is 3. The molecule has 0 spiro atoms. The van der Waals surface area contributed by atoms with Crippen LogP contribution in [0.15, 0.2) is 12.4 Å². The van der Waals surface area contributed by atoms with Gasteiger partial charge in [0, 0.05) is 30.6 Å². The molecule has 14 heavy (non-hydrogen) atoms. The van der Waals surface area contributed by atoms with Crippen molar-refractivity contribution in [3.05, 3.63) is 18.0 Å². The van der Waals surface area contributed by atoms with Crippen molar-refractivity contribution in [2.24, 2.45) is 18.7 Å². The monoisotopic (exact) mass is 213 g/mol. The molecule has 2 N–H and O–H groups in total. The number of aryl methyl sites for hydroxylation is 1. The van der Waals surface area contributed by atoms with Gasteiger partial charge in [0.1, 0.15) is 0 Å². The molecule has 0 aliphatic carbocycles. The van der Waals surface area contributed by atoms with Crippen molar-refractivity contribution < 1.29 is 0 Å². The molecule has 0 amide bonds. The lowest BCUT2D eigenvalue weighted by atomic mass is 10.2. The van der Waals surface area contributed by atoms with Crippen molar-refractivity contribution >= 4 is 11.8 Å². The van der Waals surface area contributed by atoms with Gasteiger partial charge < -0.3 is 5.73 Å². The van der Waals surface area contributed by atoms with Gasteiger partial charge in [-0.05, 0) is 11.7 Å². The first-order valence-electron chi connectivity index (χ1n) is 4.91. The van der Waals surface area contributed by atoms with E-state index >= 15 is 0 Å². The van der Waals surface area contributed by atoms with E-state index in [1.807, 2.05) is 31.2 Å². The molecule has 1 rings (SSSR count). The molecule has 0 bridgehead atoms. The molecular formula is C10H19N3S. The van der Waals surface area contributed by atoms with E-state index in [1.165, 1.54) is 5.75 Å². The Morgan fingerprint density at radius 2 is 2.21 bits per heavy atom. The van der Waals surface area contributed by atoms with Crippen LogP contribution in [-0.2, 0) is 7.05 Å². The lowest BCUT2D eigenvalue weighted by molar-refractivity contribution is 0.745. The van der Waals surface area contributed by atoms with Crippen molar-refractivity contribution in [3.63, 3.8) is 0 Å². The summed E-state index contributed by atoms with van der Waals surface area (Å²) >= 11 is 1.91. The number of aromatic nitrogens is 2. The summed E-state index contributed by atoms with van der Waals surface area (Å²) in [4.78, 5) is 0. The number of thioether (sulfide) groups is 1. The first-order chi connectivity index (χ1) is 6.59. The lowest BCUT2D eigenvalue weighted by Gasteiger charge is -2.09. The van der Waals surface area contributed by atoms with Crippen molar-refractivity contribution in [1.29, 1.82) is 0 Å². The maximum absolute atomic E-state index is 6.02. The van der Waals surface area contributed by atoms with Gasteiger partial charge in [-0.2, -0.15) is 16.9 Å². The topological polar surface area (TPSA) is 43.8 Å². The lowest BCUT2D eigenvalue weighted by Crippen LogP contribution is -2.13. The standard InChI is InChI=1S/C10H19N3S/c1-8(2)6-14-7-10(11)9-4-12-13(3)5-9/h4-5,8,10H,6-7,11H2,1-3H3. The van der Waals surface area contributed by atoms with E-state index in [-0.39, 0.29) is 6.04 Å². The van der Waals surface area contributed by atoms with Crippen LogP contribution in [0.2, 0.25) is 0 Å². The molecule has 80 valence electrons. The van der Waals surface area contributed by atoms with Gasteiger partial charge in [0.2, 0.25) is 0 Å². The maximum atomic E-state index is 6.02. The van der Waals surface area contributed by atoms with Gasteiger partial charge >= 0.3 is 0 Å². The van der Waals surface area contributed by atoms with Crippen molar-refractivity contribution in [2.45, 2.75) is 19.9 Å². The Balaban J connectivity index is 2.32. The number of nitrogens with zero attached hydrogens (tertiary/aromatic N) is 2. The Morgan fingerprint density at radius 1 is 1.50 bits per heavy atom. The van der Waals surface area contributed by atoms with Gasteiger partial charge in [0.25, 0.3) is 0 Å². The molecule has 1 heterocycles. The van der Waals surface area contributed by atoms with E-state index in [1.54, 1.807) is 4.68 Å². The Bertz CT molecular complexity index is 270. The predicted octanol–water partition coefficient (Wildman–Crippen LogP) is 1.81. The summed E-state index contributed by atoms with van der Waals surface area (Å²) < 4.78 is 1.79. The Morgan fingerprint density at radius 3 is 2.71 bits per heavy atom. The highest BCUT2D eigenvalue weighted by Gasteiger charge is 2.08. The summed E-state index contributed by atoms with van der Waals surface area (Å²) in [5.74, 6) is 2.89. The van der Waals surface area contributed by atoms with E-state index in [0.717, 1.165) is 17.2 Å². The van der Waals surface area contributed by atoms with E-state index in [2.05, 4.69) is 18.9 Å². The summed E-state index contributed by atoms with van der Waals surface area (Å²) in [7, 11) is 1.91. The molecule has 0 saturated heterocycles. The van der Waals surface area contributed by atoms with Gasteiger partial charge in [0.05, 0.1) is 6.20 Å². The fourth-order valence-corrected chi connectivity index (χ4v) is 2.21. The maximum Gasteiger partial charge on any atom is 0.0537 e. The van der Waals surface area contributed by atoms with Crippen LogP contribution in [0.25, 0.3) is 0 Å². The average molecular weight is 213 g/mol. The van der Waals surface area contributed by atoms with Crippen LogP contribution in [0.3, 0.4) is 0 Å². The third-order valence-corrected chi connectivity index (χ3v) is 3.40. The molecule has 4 heteroatoms. The second-order valence-electron chi connectivity index (χ2n) is 3.99. The molecule has 0 aliphatic heterocycles. The Hall–Kier alpha value is -0.480. The molecule has 1 aromatic rings. The Kier molecular flexibility index (Phi) is 4.48. The molecule has 3 nitrogen and oxygen atoms in total. The molecule has 0 saturated carbocycles. The third kappa shape index (κ3) is 3.72. The van der Waals surface area contributed by atoms with Crippen LogP contribution in [0.1, 0.15) is 25.5 Å². The zero-order valence-electron chi connectivity index (χ0n) is 9.10. The molecule has 1 atom stereocenters. The van der Waals surface area contributed by atoms with Gasteiger partial charge in [0.15, 0.2) is 0 Å². The first kappa shape index (κ1) is 11.6. The van der Waals surface area contributed by atoms with Crippen molar-refractivity contribution in [2.75, 3.05) is 11.5 Å². The van der Waals surface area contributed by atoms with Crippen LogP contribution in [0, 0.1) is 5.92 Å². The predicted molar refractivity (Wildman–Crippen MR) is 62.3 cm³/mol. The summed E-state index contributed by atoms with van der Waals surface area (Å²) in [6.45, 7) is 4.45. The summed E-state index contributed by atoms with van der Waals surface area (Å²) in [5.41, 5.74) is 7.15. The van der Waals surface area contributed by atoms with Gasteiger partial charge in [-0.15, -0.1) is 0 Å². The second-order valence-corrected chi connectivity index (χ2v) is 5.06.